The van der Waals surface area contributed by atoms with Crippen LogP contribution in [0.1, 0.15) is 33.1 Å². The van der Waals surface area contributed by atoms with Gasteiger partial charge in [0, 0.05) is 6.54 Å². The molecular weight excluding hydrogens is 222 g/mol. The fraction of sp³-hybridized carbons (Fsp3) is 1.00. The molecule has 0 spiro atoms. The number of piperidine rings is 1. The molecule has 0 unspecified atom stereocenters. The lowest BCUT2D eigenvalue weighted by molar-refractivity contribution is 0.161. The maximum absolute atomic E-state index is 3.53. The molecule has 1 N–H and O–H groups in total. The summed E-state index contributed by atoms with van der Waals surface area (Å²) in [5.74, 6) is 1.70. The largest absolute Gasteiger partial charge is 0.316 e. The minimum Gasteiger partial charge on any atom is -0.316 e. The first kappa shape index (κ1) is 15.9. The SMILES string of the molecule is CC(C)CNCCCN1CCC(CN(C)C)CC1. The van der Waals surface area contributed by atoms with Crippen molar-refractivity contribution >= 4 is 0 Å². The first-order chi connectivity index (χ1) is 8.58. The van der Waals surface area contributed by atoms with Crippen molar-refractivity contribution < 1.29 is 0 Å². The minimum absolute atomic E-state index is 0.770. The zero-order chi connectivity index (χ0) is 13.4. The summed E-state index contributed by atoms with van der Waals surface area (Å²) in [6.07, 6.45) is 4.07. The highest BCUT2D eigenvalue weighted by molar-refractivity contribution is 4.73. The summed E-state index contributed by atoms with van der Waals surface area (Å²) >= 11 is 0. The molecule has 108 valence electrons. The van der Waals surface area contributed by atoms with Crippen molar-refractivity contribution in [1.29, 1.82) is 0 Å². The zero-order valence-corrected chi connectivity index (χ0v) is 12.9. The Bertz CT molecular complexity index is 196. The van der Waals surface area contributed by atoms with Gasteiger partial charge in [0.1, 0.15) is 0 Å². The van der Waals surface area contributed by atoms with E-state index in [1.54, 1.807) is 0 Å². The van der Waals surface area contributed by atoms with E-state index in [1.165, 1.54) is 52.0 Å². The first-order valence-electron chi connectivity index (χ1n) is 7.65. The number of rotatable bonds is 8. The van der Waals surface area contributed by atoms with Crippen molar-refractivity contribution in [2.75, 3.05) is 53.4 Å². The molecule has 1 heterocycles. The van der Waals surface area contributed by atoms with Crippen LogP contribution in [0, 0.1) is 11.8 Å². The highest BCUT2D eigenvalue weighted by Gasteiger charge is 2.18. The Morgan fingerprint density at radius 1 is 1.22 bits per heavy atom. The van der Waals surface area contributed by atoms with Gasteiger partial charge in [-0.2, -0.15) is 0 Å². The zero-order valence-electron chi connectivity index (χ0n) is 12.9. The standard InChI is InChI=1S/C15H33N3/c1-14(2)12-16-8-5-9-18-10-6-15(7-11-18)13-17(3)4/h14-16H,5-13H2,1-4H3. The normalized spacial score (nSPS) is 19.0. The Morgan fingerprint density at radius 2 is 1.89 bits per heavy atom. The van der Waals surface area contributed by atoms with Crippen LogP contribution in [0.3, 0.4) is 0 Å². The Morgan fingerprint density at radius 3 is 2.44 bits per heavy atom. The van der Waals surface area contributed by atoms with Crippen LogP contribution in [0.2, 0.25) is 0 Å². The Hall–Kier alpha value is -0.120. The molecule has 18 heavy (non-hydrogen) atoms. The Labute approximate surface area is 114 Å². The lowest BCUT2D eigenvalue weighted by Gasteiger charge is -2.33. The molecule has 0 bridgehead atoms. The van der Waals surface area contributed by atoms with Gasteiger partial charge in [0.25, 0.3) is 0 Å². The molecule has 1 fully saturated rings. The summed E-state index contributed by atoms with van der Waals surface area (Å²) in [6.45, 7) is 12.0. The van der Waals surface area contributed by atoms with Gasteiger partial charge in [-0.05, 0) is 77.9 Å². The smallest absolute Gasteiger partial charge is 0.000451 e. The third-order valence-electron chi connectivity index (χ3n) is 3.71. The quantitative estimate of drug-likeness (QED) is 0.668. The van der Waals surface area contributed by atoms with Crippen LogP contribution >= 0.6 is 0 Å². The van der Waals surface area contributed by atoms with E-state index in [0.29, 0.717) is 0 Å². The topological polar surface area (TPSA) is 18.5 Å². The molecule has 1 rings (SSSR count). The molecule has 1 aliphatic rings. The second-order valence-electron chi connectivity index (χ2n) is 6.50. The van der Waals surface area contributed by atoms with E-state index in [9.17, 15) is 0 Å². The molecule has 0 atom stereocenters. The number of hydrogen-bond acceptors (Lipinski definition) is 3. The van der Waals surface area contributed by atoms with E-state index >= 15 is 0 Å². The van der Waals surface area contributed by atoms with Gasteiger partial charge in [0.05, 0.1) is 0 Å². The van der Waals surface area contributed by atoms with Gasteiger partial charge >= 0.3 is 0 Å². The predicted molar refractivity (Wildman–Crippen MR) is 80.0 cm³/mol. The van der Waals surface area contributed by atoms with Crippen molar-refractivity contribution in [3.05, 3.63) is 0 Å². The maximum atomic E-state index is 3.53. The van der Waals surface area contributed by atoms with Gasteiger partial charge < -0.3 is 15.1 Å². The van der Waals surface area contributed by atoms with E-state index in [1.807, 2.05) is 0 Å². The number of likely N-dealkylation sites (tertiary alicyclic amines) is 1. The minimum atomic E-state index is 0.770. The fourth-order valence-electron chi connectivity index (χ4n) is 2.73. The highest BCUT2D eigenvalue weighted by atomic mass is 15.1. The third-order valence-corrected chi connectivity index (χ3v) is 3.71. The average Bonchev–Trinajstić information content (AvgIpc) is 2.30. The van der Waals surface area contributed by atoms with Crippen LogP contribution in [0.15, 0.2) is 0 Å². The Kier molecular flexibility index (Phi) is 7.87. The summed E-state index contributed by atoms with van der Waals surface area (Å²) in [7, 11) is 4.37. The van der Waals surface area contributed by atoms with E-state index in [4.69, 9.17) is 0 Å². The molecule has 0 aliphatic carbocycles. The third kappa shape index (κ3) is 7.34. The van der Waals surface area contributed by atoms with Crippen molar-refractivity contribution in [2.24, 2.45) is 11.8 Å². The van der Waals surface area contributed by atoms with Gasteiger partial charge in [-0.25, -0.2) is 0 Å². The number of nitrogens with one attached hydrogen (secondary N) is 1. The molecule has 0 aromatic rings. The van der Waals surface area contributed by atoms with Crippen molar-refractivity contribution in [1.82, 2.24) is 15.1 Å². The number of hydrogen-bond donors (Lipinski definition) is 1. The van der Waals surface area contributed by atoms with Crippen molar-refractivity contribution in [2.45, 2.75) is 33.1 Å². The summed E-state index contributed by atoms with van der Waals surface area (Å²) in [5.41, 5.74) is 0. The van der Waals surface area contributed by atoms with Crippen LogP contribution in [0.4, 0.5) is 0 Å². The molecule has 0 amide bonds. The van der Waals surface area contributed by atoms with Gasteiger partial charge in [0.2, 0.25) is 0 Å². The first-order valence-corrected chi connectivity index (χ1v) is 7.65. The summed E-state index contributed by atoms with van der Waals surface area (Å²) in [6, 6.07) is 0. The van der Waals surface area contributed by atoms with Gasteiger partial charge in [-0.15, -0.1) is 0 Å². The van der Waals surface area contributed by atoms with Crippen LogP contribution in [-0.2, 0) is 0 Å². The second-order valence-corrected chi connectivity index (χ2v) is 6.50. The van der Waals surface area contributed by atoms with Crippen molar-refractivity contribution in [3.8, 4) is 0 Å². The molecule has 3 heteroatoms. The predicted octanol–water partition coefficient (Wildman–Crippen LogP) is 1.90. The summed E-state index contributed by atoms with van der Waals surface area (Å²) in [5, 5.41) is 3.53. The monoisotopic (exact) mass is 255 g/mol. The van der Waals surface area contributed by atoms with Crippen LogP contribution < -0.4 is 5.32 Å². The molecular formula is C15H33N3. The average molecular weight is 255 g/mol. The van der Waals surface area contributed by atoms with E-state index in [-0.39, 0.29) is 0 Å². The molecule has 3 nitrogen and oxygen atoms in total. The van der Waals surface area contributed by atoms with Gasteiger partial charge in [0.15, 0.2) is 0 Å². The maximum Gasteiger partial charge on any atom is 0.000451 e. The molecule has 1 aliphatic heterocycles. The number of nitrogens with zero attached hydrogens (tertiary/aromatic N) is 2. The summed E-state index contributed by atoms with van der Waals surface area (Å²) in [4.78, 5) is 4.97. The Balaban J connectivity index is 1.98. The van der Waals surface area contributed by atoms with Crippen LogP contribution in [0.25, 0.3) is 0 Å². The molecule has 1 saturated heterocycles. The van der Waals surface area contributed by atoms with E-state index in [0.717, 1.165) is 18.4 Å². The van der Waals surface area contributed by atoms with E-state index in [2.05, 4.69) is 43.1 Å². The van der Waals surface area contributed by atoms with Crippen molar-refractivity contribution in [3.63, 3.8) is 0 Å². The highest BCUT2D eigenvalue weighted by Crippen LogP contribution is 2.17. The lowest BCUT2D eigenvalue weighted by atomic mass is 9.96. The van der Waals surface area contributed by atoms with Gasteiger partial charge in [-0.1, -0.05) is 13.8 Å². The van der Waals surface area contributed by atoms with E-state index < -0.39 is 0 Å². The van der Waals surface area contributed by atoms with Crippen LogP contribution in [0.5, 0.6) is 0 Å². The second kappa shape index (κ2) is 8.89. The molecule has 0 saturated carbocycles. The lowest BCUT2D eigenvalue weighted by Crippen LogP contribution is -2.38. The van der Waals surface area contributed by atoms with Gasteiger partial charge in [-0.3, -0.25) is 0 Å². The molecule has 0 aromatic carbocycles. The molecule has 0 aromatic heterocycles. The summed E-state index contributed by atoms with van der Waals surface area (Å²) < 4.78 is 0. The van der Waals surface area contributed by atoms with Crippen LogP contribution in [-0.4, -0.2) is 63.2 Å². The fourth-order valence-corrected chi connectivity index (χ4v) is 2.73. The molecule has 0 radical (unpaired) electrons.